The van der Waals surface area contributed by atoms with E-state index in [-0.39, 0.29) is 0 Å². The van der Waals surface area contributed by atoms with E-state index in [1.54, 1.807) is 0 Å². The lowest BCUT2D eigenvalue weighted by Gasteiger charge is -2.29. The summed E-state index contributed by atoms with van der Waals surface area (Å²) in [5, 5.41) is 9.62. The quantitative estimate of drug-likeness (QED) is 0.109. The fraction of sp³-hybridized carbons (Fsp3) is 0. The van der Waals surface area contributed by atoms with Crippen LogP contribution in [-0.4, -0.2) is 9.13 Å². The van der Waals surface area contributed by atoms with Crippen molar-refractivity contribution in [2.45, 2.75) is 0 Å². The fourth-order valence-electron chi connectivity index (χ4n) is 17.2. The Morgan fingerprint density at radius 3 is 0.974 bits per heavy atom. The summed E-state index contributed by atoms with van der Waals surface area (Å²) < 4.78 is 14.3. The zero-order chi connectivity index (χ0) is 75.4. The van der Waals surface area contributed by atoms with E-state index in [9.17, 15) is 0 Å². The van der Waals surface area contributed by atoms with Crippen LogP contribution in [0.25, 0.3) is 164 Å². The minimum Gasteiger partial charge on any atom is -0.455 e. The average Bonchev–Trinajstić information content (AvgIpc) is 1.54. The molecule has 0 fully saturated rings. The lowest BCUT2D eigenvalue weighted by Crippen LogP contribution is -2.12. The Kier molecular flexibility index (Phi) is 17.1. The van der Waals surface area contributed by atoms with Crippen LogP contribution in [0, 0.1) is 0 Å². The van der Waals surface area contributed by atoms with Gasteiger partial charge in [-0.15, -0.1) is 11.3 Å². The number of anilines is 6. The minimum absolute atomic E-state index is 0.871. The third kappa shape index (κ3) is 11.9. The molecule has 4 aromatic heterocycles. The minimum atomic E-state index is 0.871. The normalized spacial score (nSPS) is 11.5. The van der Waals surface area contributed by atoms with Gasteiger partial charge in [0.1, 0.15) is 11.2 Å². The predicted molar refractivity (Wildman–Crippen MR) is 484 cm³/mol. The van der Waals surface area contributed by atoms with E-state index in [0.717, 1.165) is 89.6 Å². The number of furan rings is 1. The Hall–Kier alpha value is -14.8. The maximum atomic E-state index is 6.85. The van der Waals surface area contributed by atoms with Crippen LogP contribution in [0.1, 0.15) is 0 Å². The molecule has 4 heterocycles. The molecule has 114 heavy (non-hydrogen) atoms. The molecule has 22 aromatic rings. The van der Waals surface area contributed by atoms with Crippen LogP contribution in [0.4, 0.5) is 34.1 Å². The Bertz CT molecular complexity index is 6670. The van der Waals surface area contributed by atoms with Crippen LogP contribution in [0.2, 0.25) is 0 Å². The molecule has 0 unspecified atom stereocenters. The van der Waals surface area contributed by atoms with E-state index >= 15 is 0 Å². The molecule has 0 aliphatic carbocycles. The van der Waals surface area contributed by atoms with Crippen molar-refractivity contribution in [2.24, 2.45) is 0 Å². The maximum absolute atomic E-state index is 6.85. The molecule has 0 aliphatic rings. The van der Waals surface area contributed by atoms with Crippen molar-refractivity contribution in [1.29, 1.82) is 0 Å². The largest absolute Gasteiger partial charge is 0.455 e. The molecule has 0 saturated carbocycles. The average molecular weight is 1470 g/mol. The van der Waals surface area contributed by atoms with E-state index < -0.39 is 0 Å². The van der Waals surface area contributed by atoms with Crippen LogP contribution in [0.5, 0.6) is 0 Å². The van der Waals surface area contributed by atoms with Crippen molar-refractivity contribution < 1.29 is 4.42 Å². The lowest BCUT2D eigenvalue weighted by atomic mass is 9.96. The second kappa shape index (κ2) is 28.9. The number of fused-ring (bicyclic) bond motifs is 12. The summed E-state index contributed by atoms with van der Waals surface area (Å²) >= 11 is 1.88. The summed E-state index contributed by atoms with van der Waals surface area (Å²) in [6.07, 6.45) is 0. The first-order chi connectivity index (χ1) is 56.6. The number of aromatic nitrogens is 2. The van der Waals surface area contributed by atoms with Gasteiger partial charge in [0.15, 0.2) is 0 Å². The SMILES string of the molecule is c1ccc(-c2ccc(N(c3ccc(-c4ccccc4)cc3)c3ccc4c5ccccc5n(-c5ccccc5)c4c3-c3cccc4c3oc3ccccc34)cc2)cc1.c1ccc(-c2ccc(N(c3ccc(-c4ccccc4)cc3)c3ccc4c5ccccc5n(-c5ccccc5)c4c3-c3cccc4c3sc3ccccc34)cc2)cc1. The molecule has 6 heteroatoms. The van der Waals surface area contributed by atoms with Gasteiger partial charge in [0, 0.05) is 109 Å². The number of hydrogen-bond donors (Lipinski definition) is 0. The number of thiophene rings is 1. The van der Waals surface area contributed by atoms with Crippen molar-refractivity contribution in [2.75, 3.05) is 9.80 Å². The summed E-state index contributed by atoms with van der Waals surface area (Å²) in [6, 6.07) is 157. The second-order valence-electron chi connectivity index (χ2n) is 29.0. The van der Waals surface area contributed by atoms with Crippen LogP contribution in [0.3, 0.4) is 0 Å². The number of rotatable bonds is 14. The van der Waals surface area contributed by atoms with E-state index in [1.807, 2.05) is 17.4 Å². The molecule has 18 aromatic carbocycles. The van der Waals surface area contributed by atoms with Gasteiger partial charge in [-0.3, -0.25) is 0 Å². The number of hydrogen-bond acceptors (Lipinski definition) is 4. The van der Waals surface area contributed by atoms with Crippen molar-refractivity contribution in [3.63, 3.8) is 0 Å². The zero-order valence-electron chi connectivity index (χ0n) is 62.2. The smallest absolute Gasteiger partial charge is 0.143 e. The number of para-hydroxylation sites is 6. The van der Waals surface area contributed by atoms with Gasteiger partial charge >= 0.3 is 0 Å². The summed E-state index contributed by atoms with van der Waals surface area (Å²) in [5.74, 6) is 0. The molecule has 22 rings (SSSR count). The van der Waals surface area contributed by atoms with E-state index in [4.69, 9.17) is 4.42 Å². The van der Waals surface area contributed by atoms with Crippen LogP contribution in [-0.2, 0) is 0 Å². The molecule has 5 nitrogen and oxygen atoms in total. The molecule has 0 N–H and O–H groups in total. The third-order valence-corrected chi connectivity index (χ3v) is 23.6. The Morgan fingerprint density at radius 1 is 0.219 bits per heavy atom. The van der Waals surface area contributed by atoms with Crippen LogP contribution < -0.4 is 9.80 Å². The van der Waals surface area contributed by atoms with Gasteiger partial charge in [-0.05, 0) is 154 Å². The molecule has 0 aliphatic heterocycles. The monoisotopic (exact) mass is 1470 g/mol. The summed E-state index contributed by atoms with van der Waals surface area (Å²) in [5.41, 5.74) is 29.2. The fourth-order valence-corrected chi connectivity index (χ4v) is 18.4. The first-order valence-corrected chi connectivity index (χ1v) is 39.7. The predicted octanol–water partition coefficient (Wildman–Crippen LogP) is 30.8. The maximum Gasteiger partial charge on any atom is 0.143 e. The molecule has 0 spiro atoms. The third-order valence-electron chi connectivity index (χ3n) is 22.4. The van der Waals surface area contributed by atoms with Gasteiger partial charge in [0.25, 0.3) is 0 Å². The molecular weight excluding hydrogens is 1400 g/mol. The molecule has 0 amide bonds. The highest BCUT2D eigenvalue weighted by atomic mass is 32.1. The molecule has 0 saturated heterocycles. The first kappa shape index (κ1) is 67.3. The van der Waals surface area contributed by atoms with Gasteiger partial charge < -0.3 is 23.4 Å². The number of benzene rings is 18. The standard InChI is InChI=1S/C54H36N2O.C54H36N2S/c2*1-4-15-37(16-5-1)39-27-31-42(32-28-39)55(43-33-29-40(30-34-43)38-17-6-2-7-18-38)50-36-35-46-44-21-10-12-25-49(44)56(41-19-8-3-9-20-41)53(46)52(50)48-24-14-23-47-45-22-11-13-26-51(45)57-54(47)48/h2*1-36H. The van der Waals surface area contributed by atoms with Gasteiger partial charge in [-0.2, -0.15) is 0 Å². The van der Waals surface area contributed by atoms with Gasteiger partial charge in [-0.25, -0.2) is 0 Å². The highest BCUT2D eigenvalue weighted by molar-refractivity contribution is 7.26. The van der Waals surface area contributed by atoms with Crippen LogP contribution >= 0.6 is 11.3 Å². The molecular formula is C108H72N4OS. The Morgan fingerprint density at radius 2 is 0.544 bits per heavy atom. The van der Waals surface area contributed by atoms with Gasteiger partial charge in [0.2, 0.25) is 0 Å². The van der Waals surface area contributed by atoms with E-state index in [0.29, 0.717) is 0 Å². The highest BCUT2D eigenvalue weighted by Gasteiger charge is 2.30. The van der Waals surface area contributed by atoms with Crippen molar-refractivity contribution in [3.05, 3.63) is 437 Å². The van der Waals surface area contributed by atoms with E-state index in [1.165, 1.54) is 108 Å². The van der Waals surface area contributed by atoms with Crippen molar-refractivity contribution in [3.8, 4) is 78.1 Å². The summed E-state index contributed by atoms with van der Waals surface area (Å²) in [6.45, 7) is 0. The summed E-state index contributed by atoms with van der Waals surface area (Å²) in [7, 11) is 0. The Labute approximate surface area is 664 Å². The van der Waals surface area contributed by atoms with Crippen LogP contribution in [0.15, 0.2) is 441 Å². The number of nitrogens with zero attached hydrogens (tertiary/aromatic N) is 4. The first-order valence-electron chi connectivity index (χ1n) is 38.9. The molecule has 536 valence electrons. The highest BCUT2D eigenvalue weighted by Crippen LogP contribution is 2.54. The lowest BCUT2D eigenvalue weighted by molar-refractivity contribution is 0.670. The van der Waals surface area contributed by atoms with Gasteiger partial charge in [-0.1, -0.05) is 328 Å². The topological polar surface area (TPSA) is 29.5 Å². The second-order valence-corrected chi connectivity index (χ2v) is 30.0. The molecule has 0 atom stereocenters. The van der Waals surface area contributed by atoms with Crippen molar-refractivity contribution >= 4 is 131 Å². The van der Waals surface area contributed by atoms with Gasteiger partial charge in [0.05, 0.1) is 33.4 Å². The van der Waals surface area contributed by atoms with E-state index in [2.05, 4.69) is 450 Å². The Balaban J connectivity index is 0.000000143. The molecule has 0 radical (unpaired) electrons. The zero-order valence-corrected chi connectivity index (χ0v) is 63.0. The molecule has 0 bridgehead atoms. The van der Waals surface area contributed by atoms with Crippen molar-refractivity contribution in [1.82, 2.24) is 9.13 Å². The summed E-state index contributed by atoms with van der Waals surface area (Å²) in [4.78, 5) is 4.87.